The van der Waals surface area contributed by atoms with E-state index in [0.29, 0.717) is 12.1 Å². The largest absolute Gasteiger partial charge is 0.496 e. The van der Waals surface area contributed by atoms with Crippen molar-refractivity contribution < 1.29 is 23.8 Å². The Kier molecular flexibility index (Phi) is 9.20. The highest BCUT2D eigenvalue weighted by Gasteiger charge is 2.62. The number of methoxy groups -OCH3 is 2. The summed E-state index contributed by atoms with van der Waals surface area (Å²) in [6, 6.07) is 2.94. The summed E-state index contributed by atoms with van der Waals surface area (Å²) in [5, 5.41) is 0.199. The van der Waals surface area contributed by atoms with Gasteiger partial charge in [0, 0.05) is 31.1 Å². The van der Waals surface area contributed by atoms with Crippen LogP contribution in [0.15, 0.2) is 21.7 Å². The highest BCUT2D eigenvalue weighted by molar-refractivity contribution is 6.36. The number of Topliss-reactive ketones (excluding diaryl/α,β-unsaturated/α-hetero) is 2. The monoisotopic (exact) mass is 625 g/mol. The number of rotatable bonds is 12. The Balaban J connectivity index is 1.46. The molecule has 3 aromatic rings. The van der Waals surface area contributed by atoms with E-state index in [4.69, 9.17) is 25.8 Å². The minimum absolute atomic E-state index is 0.0241. The van der Waals surface area contributed by atoms with Crippen LogP contribution in [0.5, 0.6) is 17.2 Å². The zero-order chi connectivity index (χ0) is 31.8. The lowest BCUT2D eigenvalue weighted by Gasteiger charge is -2.36. The molecule has 10 nitrogen and oxygen atoms in total. The Morgan fingerprint density at radius 3 is 2.23 bits per heavy atom. The second-order valence-corrected chi connectivity index (χ2v) is 12.3. The van der Waals surface area contributed by atoms with E-state index >= 15 is 0 Å². The topological polar surface area (TPSA) is 119 Å². The van der Waals surface area contributed by atoms with Crippen LogP contribution in [0, 0.1) is 5.92 Å². The summed E-state index contributed by atoms with van der Waals surface area (Å²) in [5.74, 6) is -1.37. The number of ether oxygens (including phenoxy) is 3. The van der Waals surface area contributed by atoms with E-state index in [-0.39, 0.29) is 57.4 Å². The van der Waals surface area contributed by atoms with Crippen LogP contribution in [0.4, 0.5) is 0 Å². The molecule has 1 aromatic carbocycles. The van der Waals surface area contributed by atoms with Crippen molar-refractivity contribution in [2.75, 3.05) is 14.2 Å². The van der Waals surface area contributed by atoms with Crippen LogP contribution in [0.25, 0.3) is 11.0 Å². The molecular weight excluding hydrogens is 586 g/mol. The van der Waals surface area contributed by atoms with Crippen molar-refractivity contribution in [3.63, 3.8) is 0 Å². The van der Waals surface area contributed by atoms with Crippen molar-refractivity contribution in [2.24, 2.45) is 13.0 Å². The number of aromatic nitrogens is 3. The molecule has 3 heterocycles. The van der Waals surface area contributed by atoms with Gasteiger partial charge >= 0.3 is 5.69 Å². The molecule has 1 spiro atoms. The van der Waals surface area contributed by atoms with Gasteiger partial charge in [0.05, 0.1) is 25.3 Å². The molecule has 0 saturated heterocycles. The highest BCUT2D eigenvalue weighted by Crippen LogP contribution is 2.53. The van der Waals surface area contributed by atoms with Crippen molar-refractivity contribution >= 4 is 34.2 Å². The van der Waals surface area contributed by atoms with Gasteiger partial charge in [0.15, 0.2) is 5.75 Å². The molecule has 2 atom stereocenters. The van der Waals surface area contributed by atoms with E-state index in [1.54, 1.807) is 14.0 Å². The normalized spacial score (nSPS) is 18.9. The van der Waals surface area contributed by atoms with Gasteiger partial charge in [-0.15, -0.1) is 0 Å². The molecule has 2 aliphatic rings. The number of pyridine rings is 1. The molecule has 11 heteroatoms. The first-order valence-corrected chi connectivity index (χ1v) is 15.9. The summed E-state index contributed by atoms with van der Waals surface area (Å²) in [6.45, 7) is 4.21. The second-order valence-electron chi connectivity index (χ2n) is 11.9. The Morgan fingerprint density at radius 2 is 1.59 bits per heavy atom. The van der Waals surface area contributed by atoms with E-state index < -0.39 is 34.3 Å². The first-order chi connectivity index (χ1) is 21.1. The lowest BCUT2D eigenvalue weighted by molar-refractivity contribution is 0.0257. The molecule has 2 unspecified atom stereocenters. The average molecular weight is 626 g/mol. The Bertz CT molecular complexity index is 1740. The molecule has 5 rings (SSSR count). The molecule has 1 aliphatic carbocycles. The van der Waals surface area contributed by atoms with Gasteiger partial charge in [-0.2, -0.15) is 0 Å². The maximum absolute atomic E-state index is 14.3. The lowest BCUT2D eigenvalue weighted by Crippen LogP contribution is -2.57. The van der Waals surface area contributed by atoms with Gasteiger partial charge in [-0.3, -0.25) is 23.5 Å². The zero-order valence-corrected chi connectivity index (χ0v) is 26.8. The number of halogens is 1. The molecule has 0 amide bonds. The first kappa shape index (κ1) is 31.8. The van der Waals surface area contributed by atoms with Crippen molar-refractivity contribution in [3.8, 4) is 17.2 Å². The summed E-state index contributed by atoms with van der Waals surface area (Å²) in [7, 11) is 4.41. The minimum atomic E-state index is -1.91. The summed E-state index contributed by atoms with van der Waals surface area (Å²) in [5.41, 5.74) is -2.07. The third kappa shape index (κ3) is 5.10. The number of unbranched alkanes of at least 4 members (excludes halogenated alkanes) is 8. The number of fused-ring (bicyclic) bond motifs is 3. The number of hydrogen-bond acceptors (Lipinski definition) is 8. The van der Waals surface area contributed by atoms with Crippen LogP contribution in [0.3, 0.4) is 0 Å². The van der Waals surface area contributed by atoms with E-state index in [9.17, 15) is 19.2 Å². The number of carbonyl (C=O) groups is 2. The van der Waals surface area contributed by atoms with Crippen molar-refractivity contribution in [1.29, 1.82) is 0 Å². The molecule has 44 heavy (non-hydrogen) atoms. The average Bonchev–Trinajstić information content (AvgIpc) is 3.33. The predicted octanol–water partition coefficient (Wildman–Crippen LogP) is 5.69. The highest BCUT2D eigenvalue weighted by atomic mass is 35.5. The summed E-state index contributed by atoms with van der Waals surface area (Å²) in [6.07, 6.45) is 10.2. The predicted molar refractivity (Wildman–Crippen MR) is 168 cm³/mol. The number of benzene rings is 1. The number of nitrogens with zero attached hydrogens (tertiary/aromatic N) is 3. The lowest BCUT2D eigenvalue weighted by atomic mass is 9.71. The maximum atomic E-state index is 14.3. The number of hydrogen-bond donors (Lipinski definition) is 0. The molecule has 0 N–H and O–H groups in total. The van der Waals surface area contributed by atoms with Gasteiger partial charge < -0.3 is 14.2 Å². The Hall–Kier alpha value is -3.66. The van der Waals surface area contributed by atoms with Gasteiger partial charge in [0.2, 0.25) is 17.2 Å². The molecule has 0 radical (unpaired) electrons. The van der Waals surface area contributed by atoms with Crippen LogP contribution in [-0.4, -0.2) is 45.5 Å². The molecule has 2 aromatic heterocycles. The summed E-state index contributed by atoms with van der Waals surface area (Å²) in [4.78, 5) is 59.7. The second kappa shape index (κ2) is 12.8. The number of aryl methyl sites for hydroxylation is 1. The van der Waals surface area contributed by atoms with E-state index in [1.807, 2.05) is 0 Å². The molecule has 0 bridgehead atoms. The van der Waals surface area contributed by atoms with Gasteiger partial charge in [-0.05, 0) is 18.9 Å². The van der Waals surface area contributed by atoms with Crippen LogP contribution in [0.1, 0.15) is 98.0 Å². The third-order valence-corrected chi connectivity index (χ3v) is 9.43. The molecular formula is C33H40ClN3O7. The third-order valence-electron chi connectivity index (χ3n) is 9.07. The first-order valence-electron chi connectivity index (χ1n) is 15.5. The summed E-state index contributed by atoms with van der Waals surface area (Å²) < 4.78 is 19.6. The van der Waals surface area contributed by atoms with Gasteiger partial charge in [-0.25, -0.2) is 9.78 Å². The smallest absolute Gasteiger partial charge is 0.332 e. The molecule has 236 valence electrons. The number of ketones is 2. The Labute approximate surface area is 261 Å². The quantitative estimate of drug-likeness (QED) is 0.186. The Morgan fingerprint density at radius 1 is 0.955 bits per heavy atom. The van der Waals surface area contributed by atoms with E-state index in [0.717, 1.165) is 19.3 Å². The van der Waals surface area contributed by atoms with Crippen molar-refractivity contribution in [1.82, 2.24) is 14.1 Å². The van der Waals surface area contributed by atoms with Gasteiger partial charge in [-0.1, -0.05) is 76.8 Å². The van der Waals surface area contributed by atoms with Crippen molar-refractivity contribution in [3.05, 3.63) is 54.8 Å². The molecule has 1 aliphatic heterocycles. The van der Waals surface area contributed by atoms with E-state index in [2.05, 4.69) is 11.9 Å². The van der Waals surface area contributed by atoms with Crippen LogP contribution >= 0.6 is 11.6 Å². The van der Waals surface area contributed by atoms with Gasteiger partial charge in [0.1, 0.15) is 27.7 Å². The molecule has 0 fully saturated rings. The van der Waals surface area contributed by atoms with Crippen LogP contribution in [0.2, 0.25) is 5.02 Å². The minimum Gasteiger partial charge on any atom is -0.496 e. The zero-order valence-electron chi connectivity index (χ0n) is 26.1. The SMILES string of the molecule is CCCCCCCCCCCn1c(=O)c2cc3c(nc2n(C)c1=O)CC(C)C1(Oc2c(Cl)c(OC)cc(OC)c2C1=O)C3=O. The fraction of sp³-hybridized carbons (Fsp3) is 0.545. The fourth-order valence-corrected chi connectivity index (χ4v) is 6.79. The standard InChI is InChI=1S/C33H40ClN3O7/c1-6-7-8-9-10-11-12-13-14-15-37-31(40)21-17-20-22(35-30(21)36(3)32(37)41)16-19(2)33(28(20)38)29(39)25-23(42-4)18-24(43-5)26(34)27(25)44-33/h17-19H,6-16H2,1-5H3. The fourth-order valence-electron chi connectivity index (χ4n) is 6.52. The molecule has 0 saturated carbocycles. The van der Waals surface area contributed by atoms with Gasteiger partial charge in [0.25, 0.3) is 5.56 Å². The van der Waals surface area contributed by atoms with Crippen LogP contribution < -0.4 is 25.5 Å². The van der Waals surface area contributed by atoms with Crippen molar-refractivity contribution in [2.45, 2.75) is 90.2 Å². The summed E-state index contributed by atoms with van der Waals surface area (Å²) >= 11 is 6.53. The number of carbonyl (C=O) groups excluding carboxylic acids is 2. The van der Waals surface area contributed by atoms with Crippen LogP contribution in [-0.2, 0) is 20.0 Å². The maximum Gasteiger partial charge on any atom is 0.332 e. The van der Waals surface area contributed by atoms with E-state index in [1.165, 1.54) is 67.6 Å².